The van der Waals surface area contributed by atoms with Crippen LogP contribution in [0.25, 0.3) is 11.1 Å². The Hall–Kier alpha value is -3.87. The molecule has 4 aromatic rings. The fraction of sp³-hybridized carbons (Fsp3) is 0.310. The summed E-state index contributed by atoms with van der Waals surface area (Å²) in [6, 6.07) is 19.3. The van der Waals surface area contributed by atoms with Crippen molar-refractivity contribution in [2.75, 3.05) is 0 Å². The Bertz CT molecular complexity index is 1420. The predicted octanol–water partition coefficient (Wildman–Crippen LogP) is 5.37. The smallest absolute Gasteiger partial charge is 0.272 e. The van der Waals surface area contributed by atoms with Crippen LogP contribution in [0.1, 0.15) is 53.7 Å². The lowest BCUT2D eigenvalue weighted by Crippen LogP contribution is -2.64. The third-order valence-electron chi connectivity index (χ3n) is 7.63. The van der Waals surface area contributed by atoms with E-state index in [4.69, 9.17) is 4.42 Å². The molecule has 1 fully saturated rings. The number of benzene rings is 2. The number of nitrogens with zero attached hydrogens (tertiary/aromatic N) is 2. The summed E-state index contributed by atoms with van der Waals surface area (Å²) in [4.78, 5) is 30.2. The van der Waals surface area contributed by atoms with Crippen LogP contribution >= 0.6 is 0 Å². The summed E-state index contributed by atoms with van der Waals surface area (Å²) in [5.41, 5.74) is 1.85. The number of aromatic nitrogens is 1. The summed E-state index contributed by atoms with van der Waals surface area (Å²) in [6.45, 7) is 0.325. The summed E-state index contributed by atoms with van der Waals surface area (Å²) in [7, 11) is 0. The second-order valence-corrected chi connectivity index (χ2v) is 9.84. The van der Waals surface area contributed by atoms with Crippen LogP contribution in [-0.4, -0.2) is 27.3 Å². The Morgan fingerprint density at radius 2 is 1.83 bits per heavy atom. The first kappa shape index (κ1) is 22.6. The summed E-state index contributed by atoms with van der Waals surface area (Å²) in [5, 5.41) is 3.30. The van der Waals surface area contributed by atoms with Gasteiger partial charge in [-0.25, -0.2) is 4.39 Å². The van der Waals surface area contributed by atoms with Crippen LogP contribution in [0.4, 0.5) is 4.39 Å². The number of halogens is 1. The molecule has 0 spiro atoms. The van der Waals surface area contributed by atoms with Crippen molar-refractivity contribution >= 4 is 22.9 Å². The molecule has 1 saturated carbocycles. The van der Waals surface area contributed by atoms with Gasteiger partial charge in [-0.15, -0.1) is 0 Å². The molecule has 7 heteroatoms. The van der Waals surface area contributed by atoms with Gasteiger partial charge in [0.25, 0.3) is 11.8 Å². The number of nitrogens with one attached hydrogen (secondary N) is 1. The molecule has 184 valence electrons. The van der Waals surface area contributed by atoms with Crippen LogP contribution in [-0.2, 0) is 23.4 Å². The molecular formula is C29H28FN3O3. The zero-order chi connectivity index (χ0) is 24.7. The summed E-state index contributed by atoms with van der Waals surface area (Å²) >= 11 is 0. The van der Waals surface area contributed by atoms with Crippen molar-refractivity contribution in [1.82, 2.24) is 14.8 Å². The molecule has 3 heterocycles. The lowest BCUT2D eigenvalue weighted by atomic mass is 9.83. The van der Waals surface area contributed by atoms with Gasteiger partial charge in [0.2, 0.25) is 0 Å². The molecule has 2 aliphatic rings. The van der Waals surface area contributed by atoms with E-state index in [0.717, 1.165) is 36.8 Å². The number of fused-ring (bicyclic) bond motifs is 3. The van der Waals surface area contributed by atoms with Crippen LogP contribution < -0.4 is 5.32 Å². The quantitative estimate of drug-likeness (QED) is 0.413. The third-order valence-corrected chi connectivity index (χ3v) is 7.63. The molecular weight excluding hydrogens is 457 g/mol. The molecule has 1 aliphatic heterocycles. The first-order valence-electron chi connectivity index (χ1n) is 12.6. The average molecular weight is 486 g/mol. The SMILES string of the molecule is O=C1c2cc3occc3n2CC(C(=O)NC2CCCCC2)(c2ccccc2)N1Cc1cccc(F)c1. The number of carbonyl (C=O) groups is 2. The Kier molecular flexibility index (Phi) is 5.63. The van der Waals surface area contributed by atoms with Gasteiger partial charge in [0, 0.05) is 24.7 Å². The number of hydrogen-bond donors (Lipinski definition) is 1. The highest BCUT2D eigenvalue weighted by Crippen LogP contribution is 2.40. The Labute approximate surface area is 208 Å². The lowest BCUT2D eigenvalue weighted by molar-refractivity contribution is -0.136. The van der Waals surface area contributed by atoms with Gasteiger partial charge in [0.05, 0.1) is 18.3 Å². The highest BCUT2D eigenvalue weighted by Gasteiger charge is 2.53. The minimum absolute atomic E-state index is 0.0676. The molecule has 0 saturated heterocycles. The average Bonchev–Trinajstić information content (AvgIpc) is 3.49. The maximum Gasteiger partial charge on any atom is 0.272 e. The molecule has 2 amide bonds. The number of hydrogen-bond acceptors (Lipinski definition) is 3. The largest absolute Gasteiger partial charge is 0.463 e. The van der Waals surface area contributed by atoms with Crippen LogP contribution in [0.15, 0.2) is 77.4 Å². The van der Waals surface area contributed by atoms with E-state index in [1.807, 2.05) is 41.0 Å². The number of furan rings is 1. The van der Waals surface area contributed by atoms with E-state index in [9.17, 15) is 14.0 Å². The fourth-order valence-electron chi connectivity index (χ4n) is 5.81. The number of rotatable bonds is 5. The topological polar surface area (TPSA) is 67.5 Å². The molecule has 0 radical (unpaired) electrons. The van der Waals surface area contributed by atoms with Crippen molar-refractivity contribution in [3.63, 3.8) is 0 Å². The maximum absolute atomic E-state index is 14.4. The van der Waals surface area contributed by atoms with Gasteiger partial charge in [-0.2, -0.15) is 0 Å². The molecule has 1 atom stereocenters. The first-order chi connectivity index (χ1) is 17.6. The second-order valence-electron chi connectivity index (χ2n) is 9.84. The standard InChI is InChI=1S/C29H28FN3O3/c30-22-11-7-8-20(16-22)18-33-27(34)25-17-26-24(14-15-36-26)32(25)19-29(33,21-9-3-1-4-10-21)28(35)31-23-12-5-2-6-13-23/h1,3-4,7-11,14-17,23H,2,5-6,12-13,18-19H2,(H,31,35). The minimum Gasteiger partial charge on any atom is -0.463 e. The van der Waals surface area contributed by atoms with E-state index in [0.29, 0.717) is 16.8 Å². The van der Waals surface area contributed by atoms with E-state index in [2.05, 4.69) is 5.32 Å². The highest BCUT2D eigenvalue weighted by atomic mass is 19.1. The Morgan fingerprint density at radius 3 is 2.61 bits per heavy atom. The van der Waals surface area contributed by atoms with Gasteiger partial charge in [-0.05, 0) is 36.1 Å². The molecule has 6 rings (SSSR count). The highest BCUT2D eigenvalue weighted by molar-refractivity contribution is 6.03. The number of amides is 2. The molecule has 6 nitrogen and oxygen atoms in total. The summed E-state index contributed by atoms with van der Waals surface area (Å²) in [6.07, 6.45) is 6.77. The Morgan fingerprint density at radius 1 is 1.03 bits per heavy atom. The Balaban J connectivity index is 1.53. The van der Waals surface area contributed by atoms with Gasteiger partial charge in [-0.3, -0.25) is 9.59 Å². The van der Waals surface area contributed by atoms with Crippen LogP contribution in [0, 0.1) is 5.82 Å². The first-order valence-corrected chi connectivity index (χ1v) is 12.6. The summed E-state index contributed by atoms with van der Waals surface area (Å²) in [5.74, 6) is -0.879. The van der Waals surface area contributed by atoms with Gasteiger partial charge in [0.15, 0.2) is 11.1 Å². The monoisotopic (exact) mass is 485 g/mol. The second kappa shape index (κ2) is 8.97. The minimum atomic E-state index is -1.32. The molecule has 1 unspecified atom stereocenters. The molecule has 1 aliphatic carbocycles. The lowest BCUT2D eigenvalue weighted by Gasteiger charge is -2.47. The van der Waals surface area contributed by atoms with Gasteiger partial charge in [0.1, 0.15) is 11.5 Å². The van der Waals surface area contributed by atoms with E-state index in [-0.39, 0.29) is 36.8 Å². The van der Waals surface area contributed by atoms with Crippen LogP contribution in [0.5, 0.6) is 0 Å². The molecule has 0 bridgehead atoms. The van der Waals surface area contributed by atoms with Crippen LogP contribution in [0.2, 0.25) is 0 Å². The van der Waals surface area contributed by atoms with Crippen molar-refractivity contribution in [3.05, 3.63) is 95.6 Å². The van der Waals surface area contributed by atoms with Gasteiger partial charge in [-0.1, -0.05) is 61.7 Å². The van der Waals surface area contributed by atoms with E-state index >= 15 is 0 Å². The van der Waals surface area contributed by atoms with Gasteiger partial charge >= 0.3 is 0 Å². The zero-order valence-electron chi connectivity index (χ0n) is 20.0. The fourth-order valence-corrected chi connectivity index (χ4v) is 5.81. The zero-order valence-corrected chi connectivity index (χ0v) is 20.0. The van der Waals surface area contributed by atoms with Crippen molar-refractivity contribution in [2.24, 2.45) is 0 Å². The summed E-state index contributed by atoms with van der Waals surface area (Å²) < 4.78 is 21.6. The number of carbonyl (C=O) groups excluding carboxylic acids is 2. The van der Waals surface area contributed by atoms with Crippen molar-refractivity contribution < 1.29 is 18.4 Å². The third kappa shape index (κ3) is 3.70. The maximum atomic E-state index is 14.4. The van der Waals surface area contributed by atoms with Crippen molar-refractivity contribution in [3.8, 4) is 0 Å². The van der Waals surface area contributed by atoms with Gasteiger partial charge < -0.3 is 19.2 Å². The molecule has 36 heavy (non-hydrogen) atoms. The normalized spacial score (nSPS) is 20.5. The molecule has 2 aromatic heterocycles. The predicted molar refractivity (Wildman–Crippen MR) is 134 cm³/mol. The van der Waals surface area contributed by atoms with Crippen molar-refractivity contribution in [2.45, 2.75) is 56.8 Å². The van der Waals surface area contributed by atoms with Crippen molar-refractivity contribution in [1.29, 1.82) is 0 Å². The molecule has 1 N–H and O–H groups in total. The van der Waals surface area contributed by atoms with Crippen LogP contribution in [0.3, 0.4) is 0 Å². The van der Waals surface area contributed by atoms with E-state index in [1.165, 1.54) is 18.6 Å². The van der Waals surface area contributed by atoms with E-state index < -0.39 is 5.54 Å². The molecule has 2 aromatic carbocycles. The van der Waals surface area contributed by atoms with E-state index in [1.54, 1.807) is 29.4 Å².